The number of anilines is 1. The molecule has 2 aromatic carbocycles. The largest absolute Gasteiger partial charge is 0.375 e. The van der Waals surface area contributed by atoms with Crippen LogP contribution >= 0.6 is 24.0 Å². The fourth-order valence-electron chi connectivity index (χ4n) is 2.45. The number of guanidine groups is 1. The smallest absolute Gasteiger partial charge is 0.191 e. The van der Waals surface area contributed by atoms with Crippen LogP contribution in [0.15, 0.2) is 47.5 Å². The number of hydrogen-bond donors (Lipinski definition) is 2. The molecule has 142 valence electrons. The van der Waals surface area contributed by atoms with Gasteiger partial charge in [-0.1, -0.05) is 24.3 Å². The molecule has 0 spiro atoms. The second kappa shape index (κ2) is 10.9. The van der Waals surface area contributed by atoms with Gasteiger partial charge >= 0.3 is 0 Å². The third kappa shape index (κ3) is 6.44. The zero-order chi connectivity index (χ0) is 18.2. The van der Waals surface area contributed by atoms with Gasteiger partial charge in [0.1, 0.15) is 11.6 Å². The summed E-state index contributed by atoms with van der Waals surface area (Å²) in [5.74, 6) is 0.129. The average Bonchev–Trinajstić information content (AvgIpc) is 2.59. The van der Waals surface area contributed by atoms with Crippen LogP contribution in [-0.4, -0.2) is 33.6 Å². The van der Waals surface area contributed by atoms with Gasteiger partial charge in [-0.05, 0) is 35.7 Å². The van der Waals surface area contributed by atoms with E-state index < -0.39 is 0 Å². The molecule has 0 unspecified atom stereocenters. The van der Waals surface area contributed by atoms with E-state index in [2.05, 4.69) is 15.6 Å². The number of benzene rings is 2. The van der Waals surface area contributed by atoms with Crippen LogP contribution in [0.2, 0.25) is 0 Å². The average molecular weight is 474 g/mol. The summed E-state index contributed by atoms with van der Waals surface area (Å²) in [4.78, 5) is 5.86. The van der Waals surface area contributed by atoms with E-state index in [0.717, 1.165) is 5.56 Å². The number of nitrogens with zero attached hydrogens (tertiary/aromatic N) is 2. The van der Waals surface area contributed by atoms with E-state index in [1.807, 2.05) is 12.1 Å². The fraction of sp³-hybridized carbons (Fsp3) is 0.316. The first-order chi connectivity index (χ1) is 12.0. The minimum atomic E-state index is -0.258. The highest BCUT2D eigenvalue weighted by atomic mass is 127. The Labute approximate surface area is 170 Å². The van der Waals surface area contributed by atoms with E-state index in [-0.39, 0.29) is 35.6 Å². The third-order valence-corrected chi connectivity index (χ3v) is 3.82. The van der Waals surface area contributed by atoms with Crippen LogP contribution < -0.4 is 15.5 Å². The van der Waals surface area contributed by atoms with Crippen molar-refractivity contribution in [3.8, 4) is 0 Å². The van der Waals surface area contributed by atoms with Gasteiger partial charge in [-0.15, -0.1) is 24.0 Å². The Bertz CT molecular complexity index is 735. The molecule has 2 aromatic rings. The molecule has 0 radical (unpaired) electrons. The predicted octanol–water partition coefficient (Wildman–Crippen LogP) is 3.56. The summed E-state index contributed by atoms with van der Waals surface area (Å²) < 4.78 is 27.6. The van der Waals surface area contributed by atoms with Crippen LogP contribution in [0.5, 0.6) is 0 Å². The quantitative estimate of drug-likeness (QED) is 0.382. The second-order valence-electron chi connectivity index (χ2n) is 5.87. The SMILES string of the molecule is CN=C(NCCc1ccccc1F)NCc1ccc(N(C)C)c(F)c1.I. The Hall–Kier alpha value is -1.90. The Kier molecular flexibility index (Phi) is 9.32. The molecule has 0 aliphatic carbocycles. The summed E-state index contributed by atoms with van der Waals surface area (Å²) in [5.41, 5.74) is 2.03. The molecule has 0 aliphatic heterocycles. The van der Waals surface area contributed by atoms with Crippen LogP contribution in [0.1, 0.15) is 11.1 Å². The summed E-state index contributed by atoms with van der Waals surface area (Å²) in [7, 11) is 5.27. The maximum Gasteiger partial charge on any atom is 0.191 e. The number of hydrogen-bond acceptors (Lipinski definition) is 2. The predicted molar refractivity (Wildman–Crippen MR) is 114 cm³/mol. The molecule has 2 N–H and O–H groups in total. The summed E-state index contributed by atoms with van der Waals surface area (Å²) in [6, 6.07) is 11.8. The normalized spacial score (nSPS) is 10.9. The fourth-order valence-corrected chi connectivity index (χ4v) is 2.45. The maximum absolute atomic E-state index is 14.0. The lowest BCUT2D eigenvalue weighted by Crippen LogP contribution is -2.37. The van der Waals surface area contributed by atoms with Gasteiger partial charge in [-0.2, -0.15) is 0 Å². The maximum atomic E-state index is 14.0. The highest BCUT2D eigenvalue weighted by molar-refractivity contribution is 14.0. The second-order valence-corrected chi connectivity index (χ2v) is 5.87. The molecule has 4 nitrogen and oxygen atoms in total. The minimum absolute atomic E-state index is 0. The van der Waals surface area contributed by atoms with E-state index in [4.69, 9.17) is 0 Å². The van der Waals surface area contributed by atoms with E-state index in [9.17, 15) is 8.78 Å². The number of rotatable bonds is 6. The molecule has 0 atom stereocenters. The number of nitrogens with one attached hydrogen (secondary N) is 2. The monoisotopic (exact) mass is 474 g/mol. The van der Waals surface area contributed by atoms with Crippen molar-refractivity contribution < 1.29 is 8.78 Å². The first-order valence-electron chi connectivity index (χ1n) is 8.15. The molecule has 0 aromatic heterocycles. The number of aliphatic imine (C=N–C) groups is 1. The Balaban J connectivity index is 0.00000338. The van der Waals surface area contributed by atoms with Crippen molar-refractivity contribution in [2.75, 3.05) is 32.6 Å². The van der Waals surface area contributed by atoms with Crippen molar-refractivity contribution in [1.82, 2.24) is 10.6 Å². The Morgan fingerprint density at radius 1 is 1.04 bits per heavy atom. The van der Waals surface area contributed by atoms with Crippen LogP contribution in [0.3, 0.4) is 0 Å². The molecule has 2 rings (SSSR count). The molecule has 0 heterocycles. The highest BCUT2D eigenvalue weighted by Crippen LogP contribution is 2.18. The van der Waals surface area contributed by atoms with Gasteiger partial charge < -0.3 is 15.5 Å². The zero-order valence-corrected chi connectivity index (χ0v) is 17.6. The highest BCUT2D eigenvalue weighted by Gasteiger charge is 2.06. The lowest BCUT2D eigenvalue weighted by atomic mass is 10.1. The van der Waals surface area contributed by atoms with Crippen LogP contribution in [0.4, 0.5) is 14.5 Å². The molecule has 0 fully saturated rings. The summed E-state index contributed by atoms with van der Waals surface area (Å²) in [5, 5.41) is 6.26. The van der Waals surface area contributed by atoms with E-state index in [1.54, 1.807) is 44.2 Å². The van der Waals surface area contributed by atoms with Crippen molar-refractivity contribution in [3.05, 3.63) is 65.2 Å². The van der Waals surface area contributed by atoms with Crippen molar-refractivity contribution in [1.29, 1.82) is 0 Å². The van der Waals surface area contributed by atoms with Gasteiger partial charge in [-0.25, -0.2) is 8.78 Å². The van der Waals surface area contributed by atoms with Gasteiger partial charge in [0, 0.05) is 34.2 Å². The lowest BCUT2D eigenvalue weighted by molar-refractivity contribution is 0.606. The van der Waals surface area contributed by atoms with Gasteiger partial charge in [0.15, 0.2) is 5.96 Å². The van der Waals surface area contributed by atoms with Gasteiger partial charge in [0.25, 0.3) is 0 Å². The van der Waals surface area contributed by atoms with Crippen molar-refractivity contribution in [3.63, 3.8) is 0 Å². The molecule has 0 amide bonds. The summed E-state index contributed by atoms with van der Waals surface area (Å²) in [6.45, 7) is 0.999. The van der Waals surface area contributed by atoms with Crippen LogP contribution in [0.25, 0.3) is 0 Å². The summed E-state index contributed by atoms with van der Waals surface area (Å²) >= 11 is 0. The van der Waals surface area contributed by atoms with E-state index >= 15 is 0 Å². The first kappa shape index (κ1) is 22.1. The molecule has 7 heteroatoms. The number of halogens is 3. The molecule has 0 saturated carbocycles. The van der Waals surface area contributed by atoms with Crippen molar-refractivity contribution in [2.45, 2.75) is 13.0 Å². The molecular formula is C19H25F2IN4. The summed E-state index contributed by atoms with van der Waals surface area (Å²) in [6.07, 6.45) is 0.555. The standard InChI is InChI=1S/C19H24F2N4.HI/c1-22-19(23-11-10-15-6-4-5-7-16(15)20)24-13-14-8-9-18(25(2)3)17(21)12-14;/h4-9,12H,10-11,13H2,1-3H3,(H2,22,23,24);1H. The minimum Gasteiger partial charge on any atom is -0.375 e. The van der Waals surface area contributed by atoms with Gasteiger partial charge in [-0.3, -0.25) is 4.99 Å². The lowest BCUT2D eigenvalue weighted by Gasteiger charge is -2.15. The topological polar surface area (TPSA) is 39.7 Å². The Morgan fingerprint density at radius 3 is 2.38 bits per heavy atom. The molecule has 0 saturated heterocycles. The van der Waals surface area contributed by atoms with Crippen LogP contribution in [-0.2, 0) is 13.0 Å². The van der Waals surface area contributed by atoms with Crippen LogP contribution in [0, 0.1) is 11.6 Å². The van der Waals surface area contributed by atoms with E-state index in [0.29, 0.717) is 36.7 Å². The Morgan fingerprint density at radius 2 is 1.77 bits per heavy atom. The van der Waals surface area contributed by atoms with Crippen molar-refractivity contribution >= 4 is 35.6 Å². The molecule has 0 aliphatic rings. The van der Waals surface area contributed by atoms with E-state index in [1.165, 1.54) is 12.1 Å². The van der Waals surface area contributed by atoms with Gasteiger partial charge in [0.05, 0.1) is 5.69 Å². The first-order valence-corrected chi connectivity index (χ1v) is 8.15. The molecular weight excluding hydrogens is 449 g/mol. The zero-order valence-electron chi connectivity index (χ0n) is 15.2. The molecule has 26 heavy (non-hydrogen) atoms. The van der Waals surface area contributed by atoms with Crippen molar-refractivity contribution in [2.24, 2.45) is 4.99 Å². The molecule has 0 bridgehead atoms. The third-order valence-electron chi connectivity index (χ3n) is 3.82. The van der Waals surface area contributed by atoms with Gasteiger partial charge in [0.2, 0.25) is 0 Å².